The van der Waals surface area contributed by atoms with Crippen LogP contribution in [-0.4, -0.2) is 25.0 Å². The fourth-order valence-corrected chi connectivity index (χ4v) is 2.96. The number of rotatable bonds is 5. The number of hydrogen-bond donors (Lipinski definition) is 1. The summed E-state index contributed by atoms with van der Waals surface area (Å²) in [6.45, 7) is 0.195. The van der Waals surface area contributed by atoms with Crippen LogP contribution in [0.5, 0.6) is 5.75 Å². The fourth-order valence-electron chi connectivity index (χ4n) is 2.79. The largest absolute Gasteiger partial charge is 0.484 e. The van der Waals surface area contributed by atoms with Crippen LogP contribution in [0.4, 0.5) is 24.5 Å². The lowest BCUT2D eigenvalue weighted by Crippen LogP contribution is -2.24. The van der Waals surface area contributed by atoms with Crippen molar-refractivity contribution >= 4 is 34.8 Å². The van der Waals surface area contributed by atoms with Crippen molar-refractivity contribution in [3.8, 4) is 5.75 Å². The molecule has 1 fully saturated rings. The third-order valence-corrected chi connectivity index (χ3v) is 4.47. The molecule has 0 unspecified atom stereocenters. The lowest BCUT2D eigenvalue weighted by atomic mass is 10.2. The molecule has 9 heteroatoms. The Kier molecular flexibility index (Phi) is 5.79. The first-order valence-electron chi connectivity index (χ1n) is 8.44. The Hall–Kier alpha value is -2.74. The summed E-state index contributed by atoms with van der Waals surface area (Å²) in [5, 5.41) is 2.29. The lowest BCUT2D eigenvalue weighted by Gasteiger charge is -2.17. The van der Waals surface area contributed by atoms with Gasteiger partial charge in [-0.25, -0.2) is 0 Å². The summed E-state index contributed by atoms with van der Waals surface area (Å²) < 4.78 is 43.8. The molecule has 1 saturated heterocycles. The molecule has 0 bridgehead atoms. The van der Waals surface area contributed by atoms with Crippen molar-refractivity contribution in [3.63, 3.8) is 0 Å². The van der Waals surface area contributed by atoms with Gasteiger partial charge in [-0.15, -0.1) is 0 Å². The van der Waals surface area contributed by atoms with Gasteiger partial charge in [-0.2, -0.15) is 13.2 Å². The van der Waals surface area contributed by atoms with Gasteiger partial charge in [0.05, 0.1) is 16.3 Å². The van der Waals surface area contributed by atoms with E-state index < -0.39 is 24.3 Å². The molecule has 0 atom stereocenters. The average Bonchev–Trinajstić information content (AvgIpc) is 3.07. The molecule has 1 aliphatic rings. The van der Waals surface area contributed by atoms with E-state index in [9.17, 15) is 22.8 Å². The summed E-state index contributed by atoms with van der Waals surface area (Å²) >= 11 is 5.85. The van der Waals surface area contributed by atoms with Crippen LogP contribution >= 0.6 is 11.6 Å². The van der Waals surface area contributed by atoms with E-state index in [1.165, 1.54) is 0 Å². The Balaban J connectivity index is 1.63. The van der Waals surface area contributed by atoms with Gasteiger partial charge in [0.2, 0.25) is 5.91 Å². The van der Waals surface area contributed by atoms with E-state index in [0.29, 0.717) is 24.4 Å². The monoisotopic (exact) mass is 412 g/mol. The highest BCUT2D eigenvalue weighted by Crippen LogP contribution is 2.33. The molecule has 0 spiro atoms. The number of halogens is 4. The Morgan fingerprint density at radius 1 is 1.21 bits per heavy atom. The van der Waals surface area contributed by atoms with Crippen LogP contribution in [0.25, 0.3) is 0 Å². The van der Waals surface area contributed by atoms with Crippen molar-refractivity contribution in [2.24, 2.45) is 0 Å². The summed E-state index contributed by atoms with van der Waals surface area (Å²) in [5.41, 5.74) is -0.404. The minimum Gasteiger partial charge on any atom is -0.484 e. The molecule has 2 aromatic carbocycles. The van der Waals surface area contributed by atoms with Gasteiger partial charge in [-0.3, -0.25) is 9.59 Å². The van der Waals surface area contributed by atoms with E-state index in [4.69, 9.17) is 16.3 Å². The maximum absolute atomic E-state index is 12.8. The third-order valence-electron chi connectivity index (χ3n) is 4.14. The molecule has 5 nitrogen and oxygen atoms in total. The van der Waals surface area contributed by atoms with Gasteiger partial charge in [0.25, 0.3) is 5.91 Å². The summed E-state index contributed by atoms with van der Waals surface area (Å²) in [7, 11) is 0. The Morgan fingerprint density at radius 2 is 2.00 bits per heavy atom. The summed E-state index contributed by atoms with van der Waals surface area (Å²) in [6.07, 6.45) is -3.27. The predicted molar refractivity (Wildman–Crippen MR) is 98.6 cm³/mol. The van der Waals surface area contributed by atoms with Crippen LogP contribution in [0.1, 0.15) is 18.4 Å². The second kappa shape index (κ2) is 8.10. The fraction of sp³-hybridized carbons (Fsp3) is 0.263. The summed E-state index contributed by atoms with van der Waals surface area (Å²) in [4.78, 5) is 25.5. The molecular formula is C19H16ClF3N2O3. The molecule has 2 amide bonds. The highest BCUT2D eigenvalue weighted by molar-refractivity contribution is 6.33. The minimum absolute atomic E-state index is 0.0177. The molecule has 3 rings (SSSR count). The SMILES string of the molecule is O=C(COc1cccc(N2CCCC2=O)c1)Nc1cc(C(F)(F)F)ccc1Cl. The number of alkyl halides is 3. The number of carbonyl (C=O) groups is 2. The highest BCUT2D eigenvalue weighted by atomic mass is 35.5. The van der Waals surface area contributed by atoms with Gasteiger partial charge >= 0.3 is 6.18 Å². The zero-order chi connectivity index (χ0) is 20.3. The number of anilines is 2. The van der Waals surface area contributed by atoms with Crippen LogP contribution < -0.4 is 15.0 Å². The average molecular weight is 413 g/mol. The standard InChI is InChI=1S/C19H16ClF3N2O3/c20-15-7-6-12(19(21,22)23)9-16(15)24-17(26)11-28-14-4-1-3-13(10-14)25-8-2-5-18(25)27/h1,3-4,6-7,9-10H,2,5,8,11H2,(H,24,26). The zero-order valence-corrected chi connectivity index (χ0v) is 15.3. The smallest absolute Gasteiger partial charge is 0.416 e. The molecule has 0 radical (unpaired) electrons. The van der Waals surface area contributed by atoms with Crippen LogP contribution in [0, 0.1) is 0 Å². The minimum atomic E-state index is -4.55. The van der Waals surface area contributed by atoms with Gasteiger partial charge in [0, 0.05) is 24.7 Å². The second-order valence-corrected chi connectivity index (χ2v) is 6.58. The normalized spacial score (nSPS) is 14.3. The molecule has 0 aliphatic carbocycles. The Bertz CT molecular complexity index is 902. The van der Waals surface area contributed by atoms with Gasteiger partial charge in [-0.05, 0) is 36.8 Å². The topological polar surface area (TPSA) is 58.6 Å². The predicted octanol–water partition coefficient (Wildman–Crippen LogP) is 4.50. The van der Waals surface area contributed by atoms with E-state index in [0.717, 1.165) is 24.6 Å². The van der Waals surface area contributed by atoms with Crippen molar-refractivity contribution in [1.29, 1.82) is 0 Å². The van der Waals surface area contributed by atoms with Crippen LogP contribution in [0.3, 0.4) is 0 Å². The van der Waals surface area contributed by atoms with Crippen molar-refractivity contribution in [1.82, 2.24) is 0 Å². The van der Waals surface area contributed by atoms with Gasteiger partial charge in [-0.1, -0.05) is 17.7 Å². The molecule has 0 aromatic heterocycles. The maximum Gasteiger partial charge on any atom is 0.416 e. The molecular weight excluding hydrogens is 397 g/mol. The first-order valence-corrected chi connectivity index (χ1v) is 8.81. The van der Waals surface area contributed by atoms with E-state index >= 15 is 0 Å². The van der Waals surface area contributed by atoms with Crippen LogP contribution in [-0.2, 0) is 15.8 Å². The first kappa shape index (κ1) is 20.0. The number of nitrogens with one attached hydrogen (secondary N) is 1. The Morgan fingerprint density at radius 3 is 2.68 bits per heavy atom. The number of benzene rings is 2. The van der Waals surface area contributed by atoms with Crippen molar-refractivity contribution < 1.29 is 27.5 Å². The van der Waals surface area contributed by atoms with Crippen molar-refractivity contribution in [2.45, 2.75) is 19.0 Å². The molecule has 1 aliphatic heterocycles. The molecule has 1 heterocycles. The second-order valence-electron chi connectivity index (χ2n) is 6.18. The zero-order valence-electron chi connectivity index (χ0n) is 14.6. The number of ether oxygens (including phenoxy) is 1. The number of hydrogen-bond acceptors (Lipinski definition) is 3. The highest BCUT2D eigenvalue weighted by Gasteiger charge is 2.31. The van der Waals surface area contributed by atoms with E-state index in [2.05, 4.69) is 5.32 Å². The molecule has 148 valence electrons. The molecule has 2 aromatic rings. The van der Waals surface area contributed by atoms with E-state index in [-0.39, 0.29) is 16.6 Å². The lowest BCUT2D eigenvalue weighted by molar-refractivity contribution is -0.137. The van der Waals surface area contributed by atoms with Crippen LogP contribution in [0.15, 0.2) is 42.5 Å². The van der Waals surface area contributed by atoms with Gasteiger partial charge < -0.3 is 15.0 Å². The number of nitrogens with zero attached hydrogens (tertiary/aromatic N) is 1. The summed E-state index contributed by atoms with van der Waals surface area (Å²) in [5.74, 6) is -0.277. The van der Waals surface area contributed by atoms with Gasteiger partial charge in [0.1, 0.15) is 5.75 Å². The first-order chi connectivity index (χ1) is 13.2. The number of amides is 2. The van der Waals surface area contributed by atoms with Crippen molar-refractivity contribution in [2.75, 3.05) is 23.4 Å². The van der Waals surface area contributed by atoms with Crippen LogP contribution in [0.2, 0.25) is 5.02 Å². The molecule has 1 N–H and O–H groups in total. The maximum atomic E-state index is 12.8. The van der Waals surface area contributed by atoms with E-state index in [1.54, 1.807) is 29.2 Å². The van der Waals surface area contributed by atoms with Gasteiger partial charge in [0.15, 0.2) is 6.61 Å². The summed E-state index contributed by atoms with van der Waals surface area (Å²) in [6, 6.07) is 9.37. The van der Waals surface area contributed by atoms with Crippen molar-refractivity contribution in [3.05, 3.63) is 53.1 Å². The quantitative estimate of drug-likeness (QED) is 0.786. The number of carbonyl (C=O) groups excluding carboxylic acids is 2. The third kappa shape index (κ3) is 4.75. The molecule has 0 saturated carbocycles. The Labute approximate surface area is 164 Å². The molecule has 28 heavy (non-hydrogen) atoms. The van der Waals surface area contributed by atoms with E-state index in [1.807, 2.05) is 0 Å².